The number of furan rings is 1. The van der Waals surface area contributed by atoms with Crippen molar-refractivity contribution in [2.45, 2.75) is 40.2 Å². The molecule has 0 spiro atoms. The van der Waals surface area contributed by atoms with Crippen LogP contribution in [0.15, 0.2) is 16.5 Å². The minimum atomic E-state index is -0.410. The Morgan fingerprint density at radius 3 is 2.47 bits per heavy atom. The molecule has 0 saturated heterocycles. The van der Waals surface area contributed by atoms with Crippen molar-refractivity contribution in [1.29, 1.82) is 0 Å². The van der Waals surface area contributed by atoms with E-state index in [2.05, 4.69) is 0 Å². The monoisotopic (exact) mass is 267 g/mol. The van der Waals surface area contributed by atoms with Crippen LogP contribution in [0, 0.1) is 0 Å². The summed E-state index contributed by atoms with van der Waals surface area (Å²) in [5.41, 5.74) is 0. The van der Waals surface area contributed by atoms with Gasteiger partial charge in [-0.3, -0.25) is 9.59 Å². The molecule has 5 heteroatoms. The number of rotatable bonds is 6. The first kappa shape index (κ1) is 15.3. The van der Waals surface area contributed by atoms with Crippen LogP contribution < -0.4 is 0 Å². The molecule has 0 aliphatic carbocycles. The van der Waals surface area contributed by atoms with Gasteiger partial charge in [0.25, 0.3) is 5.91 Å². The number of hydrogen-bond acceptors (Lipinski definition) is 4. The van der Waals surface area contributed by atoms with Gasteiger partial charge in [0.15, 0.2) is 5.76 Å². The Labute approximate surface area is 113 Å². The summed E-state index contributed by atoms with van der Waals surface area (Å²) in [7, 11) is 0. The van der Waals surface area contributed by atoms with Gasteiger partial charge in [-0.05, 0) is 32.9 Å². The van der Waals surface area contributed by atoms with Gasteiger partial charge in [0, 0.05) is 12.5 Å². The van der Waals surface area contributed by atoms with E-state index in [1.165, 1.54) is 4.90 Å². The van der Waals surface area contributed by atoms with Gasteiger partial charge < -0.3 is 14.1 Å². The molecule has 0 aromatic carbocycles. The first-order valence-electron chi connectivity index (χ1n) is 6.54. The second kappa shape index (κ2) is 6.97. The third-order valence-electron chi connectivity index (χ3n) is 2.71. The summed E-state index contributed by atoms with van der Waals surface area (Å²) in [6.07, 6.45) is 0.729. The summed E-state index contributed by atoms with van der Waals surface area (Å²) in [4.78, 5) is 25.2. The zero-order valence-corrected chi connectivity index (χ0v) is 11.9. The number of carbonyl (C=O) groups excluding carboxylic acids is 2. The van der Waals surface area contributed by atoms with Crippen LogP contribution in [-0.4, -0.2) is 36.0 Å². The van der Waals surface area contributed by atoms with E-state index in [1.54, 1.807) is 19.1 Å². The van der Waals surface area contributed by atoms with Gasteiger partial charge in [-0.2, -0.15) is 0 Å². The lowest BCUT2D eigenvalue weighted by Crippen LogP contribution is -2.41. The Bertz CT molecular complexity index is 436. The van der Waals surface area contributed by atoms with Crippen LogP contribution in [0.3, 0.4) is 0 Å². The number of nitrogens with zero attached hydrogens (tertiary/aromatic N) is 1. The number of hydrogen-bond donors (Lipinski definition) is 0. The van der Waals surface area contributed by atoms with E-state index in [4.69, 9.17) is 9.15 Å². The molecule has 106 valence electrons. The molecule has 0 aliphatic rings. The van der Waals surface area contributed by atoms with Gasteiger partial charge >= 0.3 is 5.97 Å². The molecule has 0 bridgehead atoms. The minimum absolute atomic E-state index is 0.0630. The van der Waals surface area contributed by atoms with Crippen molar-refractivity contribution in [1.82, 2.24) is 4.90 Å². The van der Waals surface area contributed by atoms with Crippen LogP contribution in [-0.2, 0) is 16.0 Å². The standard InChI is InChI=1S/C14H21NO4/c1-5-11-7-8-12(19-11)14(17)15(10(3)4)9-13(16)18-6-2/h7-8,10H,5-6,9H2,1-4H3. The largest absolute Gasteiger partial charge is 0.465 e. The molecule has 1 rings (SSSR count). The first-order chi connectivity index (χ1) is 8.99. The van der Waals surface area contributed by atoms with E-state index < -0.39 is 5.97 Å². The smallest absolute Gasteiger partial charge is 0.325 e. The molecule has 5 nitrogen and oxygen atoms in total. The fraction of sp³-hybridized carbons (Fsp3) is 0.571. The summed E-state index contributed by atoms with van der Waals surface area (Å²) in [6, 6.07) is 3.31. The summed E-state index contributed by atoms with van der Waals surface area (Å²) in [5.74, 6) is 0.313. The average Bonchev–Trinajstić information content (AvgIpc) is 2.84. The molecule has 19 heavy (non-hydrogen) atoms. The predicted octanol–water partition coefficient (Wildman–Crippen LogP) is 2.26. The maximum Gasteiger partial charge on any atom is 0.325 e. The van der Waals surface area contributed by atoms with Crippen molar-refractivity contribution in [2.24, 2.45) is 0 Å². The predicted molar refractivity (Wildman–Crippen MR) is 70.9 cm³/mol. The average molecular weight is 267 g/mol. The zero-order chi connectivity index (χ0) is 14.4. The van der Waals surface area contributed by atoms with Crippen molar-refractivity contribution in [3.63, 3.8) is 0 Å². The molecule has 0 N–H and O–H groups in total. The molecular weight excluding hydrogens is 246 g/mol. The lowest BCUT2D eigenvalue weighted by Gasteiger charge is -2.24. The summed E-state index contributed by atoms with van der Waals surface area (Å²) in [6.45, 7) is 7.62. The molecule has 0 radical (unpaired) electrons. The van der Waals surface area contributed by atoms with Crippen LogP contribution in [0.4, 0.5) is 0 Å². The van der Waals surface area contributed by atoms with Gasteiger partial charge in [-0.1, -0.05) is 6.92 Å². The summed E-state index contributed by atoms with van der Waals surface area (Å²) >= 11 is 0. The number of amides is 1. The van der Waals surface area contributed by atoms with Crippen LogP contribution in [0.25, 0.3) is 0 Å². The zero-order valence-electron chi connectivity index (χ0n) is 11.9. The van der Waals surface area contributed by atoms with Crippen LogP contribution in [0.5, 0.6) is 0 Å². The normalized spacial score (nSPS) is 10.6. The highest BCUT2D eigenvalue weighted by Crippen LogP contribution is 2.13. The molecule has 1 amide bonds. The highest BCUT2D eigenvalue weighted by Gasteiger charge is 2.24. The molecule has 0 unspecified atom stereocenters. The molecule has 0 atom stereocenters. The molecule has 1 aromatic rings. The quantitative estimate of drug-likeness (QED) is 0.742. The SMILES string of the molecule is CCOC(=O)CN(C(=O)c1ccc(CC)o1)C(C)C. The van der Waals surface area contributed by atoms with Crippen molar-refractivity contribution in [2.75, 3.05) is 13.2 Å². The van der Waals surface area contributed by atoms with Crippen molar-refractivity contribution in [3.8, 4) is 0 Å². The number of aryl methyl sites for hydroxylation is 1. The molecule has 0 aliphatic heterocycles. The number of carbonyl (C=O) groups is 2. The third kappa shape index (κ3) is 4.12. The second-order valence-corrected chi connectivity index (χ2v) is 4.45. The fourth-order valence-electron chi connectivity index (χ4n) is 1.66. The van der Waals surface area contributed by atoms with E-state index in [9.17, 15) is 9.59 Å². The molecular formula is C14H21NO4. The lowest BCUT2D eigenvalue weighted by atomic mass is 10.2. The van der Waals surface area contributed by atoms with Gasteiger partial charge in [-0.15, -0.1) is 0 Å². The fourth-order valence-corrected chi connectivity index (χ4v) is 1.66. The van der Waals surface area contributed by atoms with Gasteiger partial charge in [-0.25, -0.2) is 0 Å². The maximum absolute atomic E-state index is 12.3. The van der Waals surface area contributed by atoms with E-state index in [0.29, 0.717) is 6.61 Å². The summed E-state index contributed by atoms with van der Waals surface area (Å²) in [5, 5.41) is 0. The van der Waals surface area contributed by atoms with Crippen LogP contribution in [0.1, 0.15) is 44.0 Å². The Kier molecular flexibility index (Phi) is 5.60. The lowest BCUT2D eigenvalue weighted by molar-refractivity contribution is -0.144. The Balaban J connectivity index is 2.80. The molecule has 0 fully saturated rings. The first-order valence-corrected chi connectivity index (χ1v) is 6.54. The number of ether oxygens (including phenoxy) is 1. The van der Waals surface area contributed by atoms with E-state index >= 15 is 0 Å². The minimum Gasteiger partial charge on any atom is -0.465 e. The third-order valence-corrected chi connectivity index (χ3v) is 2.71. The van der Waals surface area contributed by atoms with E-state index in [1.807, 2.05) is 20.8 Å². The van der Waals surface area contributed by atoms with Crippen LogP contribution in [0.2, 0.25) is 0 Å². The van der Waals surface area contributed by atoms with Crippen molar-refractivity contribution < 1.29 is 18.7 Å². The highest BCUT2D eigenvalue weighted by molar-refractivity contribution is 5.93. The van der Waals surface area contributed by atoms with Gasteiger partial charge in [0.05, 0.1) is 6.61 Å². The molecule has 0 saturated carbocycles. The number of esters is 1. The molecule has 1 aromatic heterocycles. The highest BCUT2D eigenvalue weighted by atomic mass is 16.5. The Morgan fingerprint density at radius 1 is 1.32 bits per heavy atom. The van der Waals surface area contributed by atoms with Gasteiger partial charge in [0.1, 0.15) is 12.3 Å². The Morgan fingerprint density at radius 2 is 2.00 bits per heavy atom. The van der Waals surface area contributed by atoms with E-state index in [-0.39, 0.29) is 24.3 Å². The van der Waals surface area contributed by atoms with Crippen LogP contribution >= 0.6 is 0 Å². The summed E-state index contributed by atoms with van der Waals surface area (Å²) < 4.78 is 10.3. The van der Waals surface area contributed by atoms with E-state index in [0.717, 1.165) is 12.2 Å². The second-order valence-electron chi connectivity index (χ2n) is 4.45. The van der Waals surface area contributed by atoms with Gasteiger partial charge in [0.2, 0.25) is 0 Å². The Hall–Kier alpha value is -1.78. The maximum atomic E-state index is 12.3. The van der Waals surface area contributed by atoms with Crippen molar-refractivity contribution in [3.05, 3.63) is 23.7 Å². The molecule has 1 heterocycles. The topological polar surface area (TPSA) is 59.8 Å². The van der Waals surface area contributed by atoms with Crippen molar-refractivity contribution >= 4 is 11.9 Å².